The van der Waals surface area contributed by atoms with Crippen LogP contribution in [0.25, 0.3) is 5.69 Å². The number of aromatic nitrogens is 2. The Bertz CT molecular complexity index is 1710. The molecule has 0 aliphatic carbocycles. The maximum absolute atomic E-state index is 14.0. The van der Waals surface area contributed by atoms with Crippen LogP contribution in [0.3, 0.4) is 0 Å². The molecule has 1 amide bonds. The molecule has 1 saturated heterocycles. The number of sulfonamides is 1. The first-order chi connectivity index (χ1) is 20.1. The molecule has 0 saturated carbocycles. The summed E-state index contributed by atoms with van der Waals surface area (Å²) in [7, 11) is -4.10. The summed E-state index contributed by atoms with van der Waals surface area (Å²) in [6, 6.07) is 14.5. The zero-order chi connectivity index (χ0) is 30.0. The monoisotopic (exact) mass is 593 g/mol. The number of anilines is 1. The van der Waals surface area contributed by atoms with Crippen molar-refractivity contribution < 1.29 is 32.3 Å². The van der Waals surface area contributed by atoms with E-state index in [1.807, 2.05) is 26.0 Å². The molecule has 1 aliphatic rings. The number of furan rings is 1. The summed E-state index contributed by atoms with van der Waals surface area (Å²) in [5.74, 6) is -1.73. The first kappa shape index (κ1) is 29.0. The Kier molecular flexibility index (Phi) is 8.16. The fourth-order valence-corrected chi connectivity index (χ4v) is 6.23. The lowest BCUT2D eigenvalue weighted by molar-refractivity contribution is 0.0689. The van der Waals surface area contributed by atoms with Gasteiger partial charge in [-0.05, 0) is 62.9 Å². The molecule has 5 rings (SSSR count). The molecular weight excluding hydrogens is 562 g/mol. The number of nitrogens with zero attached hydrogens (tertiary/aromatic N) is 4. The number of aryl methyl sites for hydroxylation is 1. The molecule has 0 atom stereocenters. The van der Waals surface area contributed by atoms with Gasteiger partial charge in [0.05, 0.1) is 12.0 Å². The Labute approximate surface area is 243 Å². The van der Waals surface area contributed by atoms with Crippen LogP contribution < -0.4 is 10.1 Å². The lowest BCUT2D eigenvalue weighted by atomic mass is 10.2. The number of likely N-dealkylation sites (N-methyl/N-ethyl adjacent to an activating group) is 1. The van der Waals surface area contributed by atoms with Crippen LogP contribution in [0.1, 0.15) is 39.1 Å². The Balaban J connectivity index is 1.59. The number of aromatic carboxylic acids is 1. The highest BCUT2D eigenvalue weighted by atomic mass is 32.2. The number of hydrogen-bond acceptors (Lipinski definition) is 8. The van der Waals surface area contributed by atoms with Crippen molar-refractivity contribution in [2.75, 3.05) is 38.0 Å². The van der Waals surface area contributed by atoms with Gasteiger partial charge in [0.15, 0.2) is 11.5 Å². The van der Waals surface area contributed by atoms with E-state index in [1.165, 1.54) is 39.5 Å². The highest BCUT2D eigenvalue weighted by Gasteiger charge is 2.32. The lowest BCUT2D eigenvalue weighted by Gasteiger charge is -2.33. The van der Waals surface area contributed by atoms with Crippen LogP contribution in [0, 0.1) is 13.8 Å². The van der Waals surface area contributed by atoms with E-state index < -0.39 is 21.9 Å². The summed E-state index contributed by atoms with van der Waals surface area (Å²) < 4.78 is 42.2. The normalized spacial score (nSPS) is 14.5. The summed E-state index contributed by atoms with van der Waals surface area (Å²) in [4.78, 5) is 26.6. The molecule has 0 bridgehead atoms. The number of carbonyl (C=O) groups is 2. The lowest BCUT2D eigenvalue weighted by Crippen LogP contribution is -2.48. The number of carbonyl (C=O) groups excluding carboxylic acids is 1. The van der Waals surface area contributed by atoms with Gasteiger partial charge in [0, 0.05) is 37.4 Å². The fourth-order valence-electron chi connectivity index (χ4n) is 4.67. The summed E-state index contributed by atoms with van der Waals surface area (Å²) >= 11 is 0. The fraction of sp³-hybridized carbons (Fsp3) is 0.276. The number of carboxylic acids is 1. The number of ether oxygens (including phenoxy) is 1. The second kappa shape index (κ2) is 11.8. The summed E-state index contributed by atoms with van der Waals surface area (Å²) in [5, 5.41) is 16.7. The van der Waals surface area contributed by atoms with Crippen LogP contribution in [0.5, 0.6) is 11.6 Å². The third kappa shape index (κ3) is 5.79. The van der Waals surface area contributed by atoms with E-state index in [9.17, 15) is 23.1 Å². The smallest absolute Gasteiger partial charge is 0.356 e. The number of rotatable bonds is 9. The number of hydrogen-bond donors (Lipinski definition) is 2. The molecule has 12 nitrogen and oxygen atoms in total. The number of nitrogens with one attached hydrogen (secondary N) is 1. The Morgan fingerprint density at radius 1 is 1.05 bits per heavy atom. The average Bonchev–Trinajstić information content (AvgIpc) is 3.63. The molecule has 4 aromatic rings. The molecule has 2 aromatic heterocycles. The van der Waals surface area contributed by atoms with Crippen molar-refractivity contribution in [3.8, 4) is 17.3 Å². The van der Waals surface area contributed by atoms with Crippen molar-refractivity contribution in [2.24, 2.45) is 0 Å². The van der Waals surface area contributed by atoms with Gasteiger partial charge in [0.1, 0.15) is 10.6 Å². The Morgan fingerprint density at radius 3 is 2.38 bits per heavy atom. The van der Waals surface area contributed by atoms with Crippen LogP contribution in [-0.2, 0) is 10.0 Å². The first-order valence-corrected chi connectivity index (χ1v) is 14.8. The predicted molar refractivity (Wildman–Crippen MR) is 154 cm³/mol. The van der Waals surface area contributed by atoms with Gasteiger partial charge in [-0.3, -0.25) is 4.79 Å². The topological polar surface area (TPSA) is 147 Å². The molecule has 220 valence electrons. The maximum Gasteiger partial charge on any atom is 0.356 e. The van der Waals surface area contributed by atoms with Crippen LogP contribution in [-0.4, -0.2) is 77.1 Å². The predicted octanol–water partition coefficient (Wildman–Crippen LogP) is 4.15. The molecule has 0 radical (unpaired) electrons. The van der Waals surface area contributed by atoms with E-state index in [2.05, 4.69) is 15.3 Å². The first-order valence-electron chi connectivity index (χ1n) is 13.4. The van der Waals surface area contributed by atoms with Gasteiger partial charge in [0.25, 0.3) is 5.91 Å². The third-order valence-corrected chi connectivity index (χ3v) is 9.02. The van der Waals surface area contributed by atoms with Crippen molar-refractivity contribution in [3.63, 3.8) is 0 Å². The quantitative estimate of drug-likeness (QED) is 0.292. The standard InChI is InChI=1S/C29H31N5O7S/c1-4-32-13-15-33(16-14-32)42(38,39)25-18-21(30-27(35)24-6-5-17-40-24)9-12-23(25)41-28-20(3)26(29(36)37)31-34(28)22-10-7-19(2)8-11-22/h5-12,17-18H,4,13-16H2,1-3H3,(H,30,35)(H,36,37). The molecule has 1 fully saturated rings. The molecular formula is C29H31N5O7S. The number of benzene rings is 2. The van der Waals surface area contributed by atoms with E-state index in [0.717, 1.165) is 12.1 Å². The number of carboxylic acid groups (broad SMARTS) is 1. The second-order valence-electron chi connectivity index (χ2n) is 9.86. The van der Waals surface area contributed by atoms with Gasteiger partial charge in [-0.25, -0.2) is 13.2 Å². The molecule has 13 heteroatoms. The zero-order valence-corrected chi connectivity index (χ0v) is 24.2. The van der Waals surface area contributed by atoms with Gasteiger partial charge < -0.3 is 24.5 Å². The van der Waals surface area contributed by atoms with Gasteiger partial charge in [0.2, 0.25) is 15.9 Å². The maximum atomic E-state index is 14.0. The van der Waals surface area contributed by atoms with E-state index in [1.54, 1.807) is 25.1 Å². The number of piperazine rings is 1. The highest BCUT2D eigenvalue weighted by Crippen LogP contribution is 2.37. The Hall–Kier alpha value is -4.46. The van der Waals surface area contributed by atoms with Crippen LogP contribution in [0.2, 0.25) is 0 Å². The summed E-state index contributed by atoms with van der Waals surface area (Å²) in [6.07, 6.45) is 1.36. The molecule has 2 aromatic carbocycles. The minimum atomic E-state index is -4.10. The zero-order valence-electron chi connectivity index (χ0n) is 23.4. The Morgan fingerprint density at radius 2 is 1.76 bits per heavy atom. The molecule has 3 heterocycles. The van der Waals surface area contributed by atoms with Crippen LogP contribution in [0.15, 0.2) is 70.2 Å². The molecule has 0 unspecified atom stereocenters. The largest absolute Gasteiger partial charge is 0.476 e. The van der Waals surface area contributed by atoms with Crippen molar-refractivity contribution in [1.82, 2.24) is 19.0 Å². The van der Waals surface area contributed by atoms with E-state index in [4.69, 9.17) is 9.15 Å². The second-order valence-corrected chi connectivity index (χ2v) is 11.8. The van der Waals surface area contributed by atoms with E-state index in [-0.39, 0.29) is 52.3 Å². The SMILES string of the molecule is CCN1CCN(S(=O)(=O)c2cc(NC(=O)c3ccco3)ccc2Oc2c(C)c(C(=O)O)nn2-c2ccc(C)cc2)CC1. The van der Waals surface area contributed by atoms with E-state index >= 15 is 0 Å². The average molecular weight is 594 g/mol. The summed E-state index contributed by atoms with van der Waals surface area (Å²) in [5.41, 5.74) is 1.73. The van der Waals surface area contributed by atoms with Crippen LogP contribution >= 0.6 is 0 Å². The molecule has 2 N–H and O–H groups in total. The molecule has 42 heavy (non-hydrogen) atoms. The van der Waals surface area contributed by atoms with Crippen molar-refractivity contribution >= 4 is 27.6 Å². The van der Waals surface area contributed by atoms with Crippen molar-refractivity contribution in [1.29, 1.82) is 0 Å². The van der Waals surface area contributed by atoms with Gasteiger partial charge in [-0.15, -0.1) is 0 Å². The molecule has 0 spiro atoms. The minimum absolute atomic E-state index is 0.0442. The van der Waals surface area contributed by atoms with Crippen LogP contribution in [0.4, 0.5) is 5.69 Å². The third-order valence-electron chi connectivity index (χ3n) is 7.10. The van der Waals surface area contributed by atoms with Gasteiger partial charge in [-0.2, -0.15) is 14.1 Å². The number of amides is 1. The van der Waals surface area contributed by atoms with Gasteiger partial charge in [-0.1, -0.05) is 24.6 Å². The molecule has 1 aliphatic heterocycles. The highest BCUT2D eigenvalue weighted by molar-refractivity contribution is 7.89. The van der Waals surface area contributed by atoms with Crippen molar-refractivity contribution in [2.45, 2.75) is 25.7 Å². The van der Waals surface area contributed by atoms with Gasteiger partial charge >= 0.3 is 5.97 Å². The minimum Gasteiger partial charge on any atom is -0.476 e. The van der Waals surface area contributed by atoms with Crippen molar-refractivity contribution in [3.05, 3.63) is 83.4 Å². The summed E-state index contributed by atoms with van der Waals surface area (Å²) in [6.45, 7) is 8.00. The van der Waals surface area contributed by atoms with E-state index in [0.29, 0.717) is 18.8 Å².